The number of alkyl halides is 3. The minimum absolute atomic E-state index is 0.0656. The second kappa shape index (κ2) is 8.53. The van der Waals surface area contributed by atoms with Gasteiger partial charge >= 0.3 is 6.18 Å². The molecular weight excluding hydrogens is 333 g/mol. The van der Waals surface area contributed by atoms with Gasteiger partial charge in [0, 0.05) is 5.69 Å². The van der Waals surface area contributed by atoms with E-state index < -0.39 is 11.7 Å². The molecule has 134 valence electrons. The van der Waals surface area contributed by atoms with Crippen LogP contribution in [0.3, 0.4) is 0 Å². The van der Waals surface area contributed by atoms with E-state index in [2.05, 4.69) is 10.6 Å². The number of nitrogens with one attached hydrogen (secondary N) is 2. The molecule has 7 heteroatoms. The van der Waals surface area contributed by atoms with Crippen LogP contribution in [-0.4, -0.2) is 26.1 Å². The number of anilines is 1. The smallest absolute Gasteiger partial charge is 0.416 e. The second-order valence-electron chi connectivity index (χ2n) is 5.36. The van der Waals surface area contributed by atoms with Crippen molar-refractivity contribution in [2.45, 2.75) is 12.6 Å². The second-order valence-corrected chi connectivity index (χ2v) is 5.36. The maximum atomic E-state index is 12.5. The molecule has 0 heterocycles. The van der Waals surface area contributed by atoms with Crippen LogP contribution in [-0.2, 0) is 17.4 Å². The summed E-state index contributed by atoms with van der Waals surface area (Å²) >= 11 is 0. The minimum Gasteiger partial charge on any atom is -0.496 e. The highest BCUT2D eigenvalue weighted by atomic mass is 19.4. The average molecular weight is 352 g/mol. The van der Waals surface area contributed by atoms with E-state index in [-0.39, 0.29) is 12.5 Å². The molecule has 0 aliphatic carbocycles. The molecule has 25 heavy (non-hydrogen) atoms. The molecule has 0 spiro atoms. The van der Waals surface area contributed by atoms with Crippen LogP contribution in [0.25, 0.3) is 0 Å². The molecule has 2 aromatic rings. The van der Waals surface area contributed by atoms with Crippen molar-refractivity contribution in [3.05, 3.63) is 59.7 Å². The molecule has 1 amide bonds. The Morgan fingerprint density at radius 2 is 1.76 bits per heavy atom. The fraction of sp³-hybridized carbons (Fsp3) is 0.278. The van der Waals surface area contributed by atoms with Gasteiger partial charge in [0.15, 0.2) is 0 Å². The Kier molecular flexibility index (Phi) is 6.41. The summed E-state index contributed by atoms with van der Waals surface area (Å²) in [7, 11) is 1.60. The normalized spacial score (nSPS) is 11.2. The van der Waals surface area contributed by atoms with Gasteiger partial charge in [-0.3, -0.25) is 4.79 Å². The number of carbonyl (C=O) groups excluding carboxylic acids is 1. The lowest BCUT2D eigenvalue weighted by Gasteiger charge is -2.10. The van der Waals surface area contributed by atoms with Crippen LogP contribution < -0.4 is 15.4 Å². The summed E-state index contributed by atoms with van der Waals surface area (Å²) in [5.74, 6) is 0.471. The zero-order valence-corrected chi connectivity index (χ0v) is 13.7. The van der Waals surface area contributed by atoms with Crippen LogP contribution in [0.2, 0.25) is 0 Å². The Balaban J connectivity index is 1.75. The summed E-state index contributed by atoms with van der Waals surface area (Å²) in [6, 6.07) is 11.9. The van der Waals surface area contributed by atoms with E-state index in [1.54, 1.807) is 7.11 Å². The van der Waals surface area contributed by atoms with Gasteiger partial charge in [-0.15, -0.1) is 0 Å². The maximum absolute atomic E-state index is 12.5. The Bertz CT molecular complexity index is 700. The number of benzene rings is 2. The number of para-hydroxylation sites is 1. The van der Waals surface area contributed by atoms with Crippen LogP contribution in [0.5, 0.6) is 5.75 Å². The molecule has 0 aromatic heterocycles. The number of carbonyl (C=O) groups is 1. The highest BCUT2D eigenvalue weighted by Crippen LogP contribution is 2.29. The number of hydrogen-bond donors (Lipinski definition) is 2. The van der Waals surface area contributed by atoms with Crippen molar-refractivity contribution in [1.29, 1.82) is 0 Å². The van der Waals surface area contributed by atoms with Crippen LogP contribution in [0.4, 0.5) is 18.9 Å². The van der Waals surface area contributed by atoms with Gasteiger partial charge in [0.1, 0.15) is 5.75 Å². The summed E-state index contributed by atoms with van der Waals surface area (Å²) in [5, 5.41) is 5.54. The average Bonchev–Trinajstić information content (AvgIpc) is 2.58. The van der Waals surface area contributed by atoms with Gasteiger partial charge in [-0.2, -0.15) is 13.2 Å². The monoisotopic (exact) mass is 352 g/mol. The summed E-state index contributed by atoms with van der Waals surface area (Å²) in [5.41, 5.74) is 0.602. The summed E-state index contributed by atoms with van der Waals surface area (Å²) in [6.45, 7) is 0.636. The zero-order valence-electron chi connectivity index (χ0n) is 13.7. The predicted molar refractivity (Wildman–Crippen MR) is 89.6 cm³/mol. The van der Waals surface area contributed by atoms with E-state index in [1.807, 2.05) is 24.3 Å². The molecule has 2 rings (SSSR count). The molecule has 0 radical (unpaired) electrons. The lowest BCUT2D eigenvalue weighted by Crippen LogP contribution is -2.29. The zero-order chi connectivity index (χ0) is 18.3. The Labute approximate surface area is 144 Å². The third kappa shape index (κ3) is 5.79. The van der Waals surface area contributed by atoms with Gasteiger partial charge in [-0.1, -0.05) is 18.2 Å². The van der Waals surface area contributed by atoms with Gasteiger partial charge < -0.3 is 15.4 Å². The first-order valence-corrected chi connectivity index (χ1v) is 7.70. The van der Waals surface area contributed by atoms with Crippen molar-refractivity contribution >= 4 is 11.6 Å². The molecule has 0 aliphatic rings. The Morgan fingerprint density at radius 3 is 2.40 bits per heavy atom. The number of ether oxygens (including phenoxy) is 1. The number of hydrogen-bond acceptors (Lipinski definition) is 3. The largest absolute Gasteiger partial charge is 0.496 e. The maximum Gasteiger partial charge on any atom is 0.416 e. The molecule has 2 aromatic carbocycles. The number of methoxy groups -OCH3 is 1. The van der Waals surface area contributed by atoms with Crippen molar-refractivity contribution in [2.75, 3.05) is 25.5 Å². The first-order valence-electron chi connectivity index (χ1n) is 7.70. The van der Waals surface area contributed by atoms with Gasteiger partial charge in [0.2, 0.25) is 5.91 Å². The summed E-state index contributed by atoms with van der Waals surface area (Å²) < 4.78 is 42.7. The van der Waals surface area contributed by atoms with E-state index in [9.17, 15) is 18.0 Å². The third-order valence-electron chi connectivity index (χ3n) is 3.55. The number of halogens is 3. The molecule has 0 atom stereocenters. The molecule has 0 fully saturated rings. The standard InChI is InChI=1S/C18H19F3N2O2/c1-25-16-5-3-2-4-13(16)10-11-22-12-17(24)23-15-8-6-14(7-9-15)18(19,20)21/h2-9,22H,10-12H2,1H3,(H,23,24). The van der Waals surface area contributed by atoms with E-state index in [4.69, 9.17) is 4.74 Å². The quantitative estimate of drug-likeness (QED) is 0.750. The van der Waals surface area contributed by atoms with Gasteiger partial charge in [0.05, 0.1) is 19.2 Å². The predicted octanol–water partition coefficient (Wildman–Crippen LogP) is 3.48. The molecule has 0 unspecified atom stereocenters. The summed E-state index contributed by atoms with van der Waals surface area (Å²) in [6.07, 6.45) is -3.69. The summed E-state index contributed by atoms with van der Waals surface area (Å²) in [4.78, 5) is 11.8. The molecule has 0 saturated heterocycles. The first-order chi connectivity index (χ1) is 11.9. The van der Waals surface area contributed by atoms with Crippen molar-refractivity contribution in [1.82, 2.24) is 5.32 Å². The van der Waals surface area contributed by atoms with Gasteiger partial charge in [-0.25, -0.2) is 0 Å². The first kappa shape index (κ1) is 18.8. The van der Waals surface area contributed by atoms with Crippen molar-refractivity contribution in [2.24, 2.45) is 0 Å². The highest BCUT2D eigenvalue weighted by Gasteiger charge is 2.29. The van der Waals surface area contributed by atoms with Gasteiger partial charge in [-0.05, 0) is 48.9 Å². The third-order valence-corrected chi connectivity index (χ3v) is 3.55. The minimum atomic E-state index is -4.39. The van der Waals surface area contributed by atoms with Crippen LogP contribution in [0.15, 0.2) is 48.5 Å². The Morgan fingerprint density at radius 1 is 1.08 bits per heavy atom. The van der Waals surface area contributed by atoms with Crippen LogP contribution in [0, 0.1) is 0 Å². The fourth-order valence-corrected chi connectivity index (χ4v) is 2.28. The Hall–Kier alpha value is -2.54. The molecule has 0 aliphatic heterocycles. The SMILES string of the molecule is COc1ccccc1CCNCC(=O)Nc1ccc(C(F)(F)F)cc1. The molecule has 0 bridgehead atoms. The van der Waals surface area contributed by atoms with E-state index in [1.165, 1.54) is 12.1 Å². The van der Waals surface area contributed by atoms with Crippen LogP contribution >= 0.6 is 0 Å². The number of rotatable bonds is 7. The van der Waals surface area contributed by atoms with Crippen molar-refractivity contribution in [3.63, 3.8) is 0 Å². The number of amides is 1. The molecular formula is C18H19F3N2O2. The lowest BCUT2D eigenvalue weighted by molar-refractivity contribution is -0.137. The van der Waals surface area contributed by atoms with Crippen molar-refractivity contribution in [3.8, 4) is 5.75 Å². The topological polar surface area (TPSA) is 50.4 Å². The molecule has 2 N–H and O–H groups in total. The molecule has 0 saturated carbocycles. The van der Waals surface area contributed by atoms with E-state index >= 15 is 0 Å². The lowest BCUT2D eigenvalue weighted by atomic mass is 10.1. The van der Waals surface area contributed by atoms with Crippen molar-refractivity contribution < 1.29 is 22.7 Å². The fourth-order valence-electron chi connectivity index (χ4n) is 2.28. The van der Waals surface area contributed by atoms with E-state index in [0.717, 1.165) is 23.4 Å². The van der Waals surface area contributed by atoms with Crippen LogP contribution in [0.1, 0.15) is 11.1 Å². The highest BCUT2D eigenvalue weighted by molar-refractivity contribution is 5.92. The van der Waals surface area contributed by atoms with Gasteiger partial charge in [0.25, 0.3) is 0 Å². The van der Waals surface area contributed by atoms with E-state index in [0.29, 0.717) is 18.7 Å². The molecule has 4 nitrogen and oxygen atoms in total.